The maximum absolute atomic E-state index is 11.8. The zero-order chi connectivity index (χ0) is 23.9. The zero-order valence-electron chi connectivity index (χ0n) is 19.1. The van der Waals surface area contributed by atoms with Gasteiger partial charge in [0.25, 0.3) is 0 Å². The monoisotopic (exact) mass is 470 g/mol. The Balaban J connectivity index is 1.48. The maximum atomic E-state index is 11.8. The van der Waals surface area contributed by atoms with Crippen molar-refractivity contribution in [2.24, 2.45) is 0 Å². The van der Waals surface area contributed by atoms with E-state index in [-0.39, 0.29) is 5.97 Å². The Kier molecular flexibility index (Phi) is 7.34. The van der Waals surface area contributed by atoms with Gasteiger partial charge in [-0.25, -0.2) is 9.48 Å². The minimum atomic E-state index is -0.339. The Morgan fingerprint density at radius 3 is 2.38 bits per heavy atom. The summed E-state index contributed by atoms with van der Waals surface area (Å²) in [6, 6.07) is 25.4. The number of carbonyl (C=O) groups excluding carboxylic acids is 1. The highest BCUT2D eigenvalue weighted by Gasteiger charge is 2.13. The van der Waals surface area contributed by atoms with E-state index in [0.29, 0.717) is 23.8 Å². The van der Waals surface area contributed by atoms with Crippen LogP contribution in [0.15, 0.2) is 85.1 Å². The van der Waals surface area contributed by atoms with Crippen LogP contribution >= 0.6 is 12.2 Å². The van der Waals surface area contributed by atoms with Gasteiger partial charge in [-0.15, -0.1) is 0 Å². The number of benzene rings is 3. The first-order valence-corrected chi connectivity index (χ1v) is 11.5. The van der Waals surface area contributed by atoms with Crippen molar-refractivity contribution in [1.29, 1.82) is 0 Å². The number of para-hydroxylation sites is 1. The normalized spacial score (nSPS) is 10.5. The predicted molar refractivity (Wildman–Crippen MR) is 139 cm³/mol. The maximum Gasteiger partial charge on any atom is 0.338 e. The molecule has 0 atom stereocenters. The lowest BCUT2D eigenvalue weighted by Crippen LogP contribution is -2.28. The number of aryl methyl sites for hydroxylation is 1. The number of ether oxygens (including phenoxy) is 1. The molecule has 4 rings (SSSR count). The Hall–Kier alpha value is -3.97. The van der Waals surface area contributed by atoms with E-state index in [0.717, 1.165) is 28.2 Å². The lowest BCUT2D eigenvalue weighted by molar-refractivity contribution is 0.0526. The molecule has 0 bridgehead atoms. The van der Waals surface area contributed by atoms with Crippen molar-refractivity contribution in [2.45, 2.75) is 20.4 Å². The van der Waals surface area contributed by atoms with Gasteiger partial charge in [-0.05, 0) is 62.5 Å². The molecule has 172 valence electrons. The van der Waals surface area contributed by atoms with Gasteiger partial charge in [-0.1, -0.05) is 48.0 Å². The molecule has 0 aliphatic rings. The molecule has 0 aliphatic carbocycles. The first-order valence-electron chi connectivity index (χ1n) is 11.1. The van der Waals surface area contributed by atoms with E-state index < -0.39 is 0 Å². The van der Waals surface area contributed by atoms with Crippen molar-refractivity contribution >= 4 is 29.0 Å². The summed E-state index contributed by atoms with van der Waals surface area (Å²) in [6.07, 6.45) is 2.02. The van der Waals surface area contributed by atoms with Crippen LogP contribution in [-0.2, 0) is 11.3 Å². The van der Waals surface area contributed by atoms with Crippen LogP contribution in [0.2, 0.25) is 0 Å². The van der Waals surface area contributed by atoms with Gasteiger partial charge < -0.3 is 15.4 Å². The molecule has 0 radical (unpaired) electrons. The van der Waals surface area contributed by atoms with Crippen molar-refractivity contribution < 1.29 is 9.53 Å². The van der Waals surface area contributed by atoms with Crippen molar-refractivity contribution in [2.75, 3.05) is 11.9 Å². The predicted octanol–water partition coefficient (Wildman–Crippen LogP) is 5.51. The average molecular weight is 471 g/mol. The van der Waals surface area contributed by atoms with Gasteiger partial charge in [0, 0.05) is 29.6 Å². The Morgan fingerprint density at radius 2 is 1.71 bits per heavy atom. The summed E-state index contributed by atoms with van der Waals surface area (Å²) in [7, 11) is 0. The van der Waals surface area contributed by atoms with Crippen LogP contribution in [0.1, 0.15) is 28.4 Å². The fraction of sp³-hybridized carbons (Fsp3) is 0.148. The summed E-state index contributed by atoms with van der Waals surface area (Å²) in [5.41, 5.74) is 6.44. The van der Waals surface area contributed by atoms with E-state index in [1.54, 1.807) is 31.2 Å². The molecule has 0 fully saturated rings. The van der Waals surface area contributed by atoms with Crippen LogP contribution in [-0.4, -0.2) is 27.5 Å². The summed E-state index contributed by atoms with van der Waals surface area (Å²) in [6.45, 7) is 4.70. The molecule has 34 heavy (non-hydrogen) atoms. The number of aromatic nitrogens is 2. The molecule has 0 spiro atoms. The summed E-state index contributed by atoms with van der Waals surface area (Å²) < 4.78 is 6.90. The first-order chi connectivity index (χ1) is 16.5. The van der Waals surface area contributed by atoms with Gasteiger partial charge in [-0.2, -0.15) is 5.10 Å². The largest absolute Gasteiger partial charge is 0.462 e. The number of nitrogens with one attached hydrogen (secondary N) is 2. The Labute approximate surface area is 204 Å². The first kappa shape index (κ1) is 23.2. The number of anilines is 1. The highest BCUT2D eigenvalue weighted by atomic mass is 32.1. The van der Waals surface area contributed by atoms with Crippen LogP contribution < -0.4 is 10.6 Å². The quantitative estimate of drug-likeness (QED) is 0.274. The molecule has 6 nitrogen and oxygen atoms in total. The smallest absolute Gasteiger partial charge is 0.338 e. The Bertz CT molecular complexity index is 1270. The number of hydrogen-bond acceptors (Lipinski definition) is 4. The van der Waals surface area contributed by atoms with E-state index >= 15 is 0 Å². The third kappa shape index (κ3) is 5.68. The number of esters is 1. The highest BCUT2D eigenvalue weighted by molar-refractivity contribution is 7.80. The van der Waals surface area contributed by atoms with Crippen LogP contribution in [0, 0.1) is 6.92 Å². The number of hydrogen-bond donors (Lipinski definition) is 2. The minimum Gasteiger partial charge on any atom is -0.462 e. The van der Waals surface area contributed by atoms with E-state index in [1.807, 2.05) is 41.2 Å². The van der Waals surface area contributed by atoms with Crippen molar-refractivity contribution in [1.82, 2.24) is 15.1 Å². The molecule has 1 aromatic heterocycles. The van der Waals surface area contributed by atoms with E-state index in [4.69, 9.17) is 22.1 Å². The van der Waals surface area contributed by atoms with Gasteiger partial charge in [0.15, 0.2) is 5.11 Å². The molecule has 7 heteroatoms. The molecule has 4 aromatic rings. The van der Waals surface area contributed by atoms with Crippen molar-refractivity contribution in [3.63, 3.8) is 0 Å². The van der Waals surface area contributed by atoms with Gasteiger partial charge in [0.1, 0.15) is 0 Å². The van der Waals surface area contributed by atoms with Gasteiger partial charge in [0.2, 0.25) is 0 Å². The lowest BCUT2D eigenvalue weighted by Gasteiger charge is -2.11. The Morgan fingerprint density at radius 1 is 1.00 bits per heavy atom. The summed E-state index contributed by atoms with van der Waals surface area (Å²) in [5, 5.41) is 11.8. The molecule has 0 unspecified atom stereocenters. The van der Waals surface area contributed by atoms with Gasteiger partial charge >= 0.3 is 5.97 Å². The number of rotatable bonds is 7. The molecule has 0 amide bonds. The zero-order valence-corrected chi connectivity index (χ0v) is 19.9. The molecular weight excluding hydrogens is 444 g/mol. The van der Waals surface area contributed by atoms with Gasteiger partial charge in [0.05, 0.1) is 23.6 Å². The fourth-order valence-corrected chi connectivity index (χ4v) is 3.65. The summed E-state index contributed by atoms with van der Waals surface area (Å²) in [4.78, 5) is 11.8. The van der Waals surface area contributed by atoms with Crippen LogP contribution in [0.3, 0.4) is 0 Å². The summed E-state index contributed by atoms with van der Waals surface area (Å²) >= 11 is 5.50. The SMILES string of the molecule is CCOC(=O)c1ccc(NC(=S)NCc2cn(-c3ccccc3)nc2-c2ccc(C)cc2)cc1. The fourth-order valence-electron chi connectivity index (χ4n) is 3.46. The average Bonchev–Trinajstić information content (AvgIpc) is 3.29. The number of nitrogens with zero attached hydrogens (tertiary/aromatic N) is 2. The second-order valence-electron chi connectivity index (χ2n) is 7.75. The number of carbonyl (C=O) groups is 1. The third-order valence-corrected chi connectivity index (χ3v) is 5.48. The van der Waals surface area contributed by atoms with Crippen LogP contribution in [0.25, 0.3) is 16.9 Å². The molecule has 0 saturated heterocycles. The molecule has 0 aliphatic heterocycles. The van der Waals surface area contributed by atoms with Crippen LogP contribution in [0.5, 0.6) is 0 Å². The van der Waals surface area contributed by atoms with E-state index in [9.17, 15) is 4.79 Å². The topological polar surface area (TPSA) is 68.2 Å². The van der Waals surface area contributed by atoms with Gasteiger partial charge in [-0.3, -0.25) is 0 Å². The van der Waals surface area contributed by atoms with E-state index in [1.165, 1.54) is 5.56 Å². The summed E-state index contributed by atoms with van der Waals surface area (Å²) in [5.74, 6) is -0.339. The second-order valence-corrected chi connectivity index (χ2v) is 8.16. The molecule has 0 saturated carbocycles. The van der Waals surface area contributed by atoms with Crippen LogP contribution in [0.4, 0.5) is 5.69 Å². The number of thiocarbonyl (C=S) groups is 1. The molecule has 3 aromatic carbocycles. The molecular formula is C27H26N4O2S. The molecule has 2 N–H and O–H groups in total. The van der Waals surface area contributed by atoms with Crippen molar-refractivity contribution in [3.05, 3.63) is 102 Å². The lowest BCUT2D eigenvalue weighted by atomic mass is 10.1. The third-order valence-electron chi connectivity index (χ3n) is 5.23. The standard InChI is InChI=1S/C27H26N4O2S/c1-3-33-26(32)21-13-15-23(16-14-21)29-27(34)28-17-22-18-31(24-7-5-4-6-8-24)30-25(22)20-11-9-19(2)10-12-20/h4-16,18H,3,17H2,1-2H3,(H2,28,29,34). The minimum absolute atomic E-state index is 0.339. The van der Waals surface area contributed by atoms with E-state index in [2.05, 4.69) is 41.8 Å². The second kappa shape index (κ2) is 10.8. The highest BCUT2D eigenvalue weighted by Crippen LogP contribution is 2.24. The molecule has 1 heterocycles. The van der Waals surface area contributed by atoms with Crippen molar-refractivity contribution in [3.8, 4) is 16.9 Å².